The first kappa shape index (κ1) is 29.5. The van der Waals surface area contributed by atoms with E-state index in [-0.39, 0.29) is 22.7 Å². The molecule has 5 rings (SSSR count). The standard InChI is InChI=1S/C29H16Br2Cl2N4O5/c30-17-12-16(27(21(31)13-17)42-29(39)15-8-10-18(11-9-15)37(40)41)14-34-36-28(38)26-24(19-4-1-2-6-22(19)32)20-5-3-7-23(33)25(20)35-26/h1-14,35H,(H,36,38). The van der Waals surface area contributed by atoms with E-state index in [9.17, 15) is 19.7 Å². The van der Waals surface area contributed by atoms with Crippen LogP contribution in [0.15, 0.2) is 92.9 Å². The zero-order valence-electron chi connectivity index (χ0n) is 21.0. The van der Waals surface area contributed by atoms with E-state index in [1.165, 1.54) is 30.5 Å². The van der Waals surface area contributed by atoms with Crippen molar-refractivity contribution in [1.82, 2.24) is 10.4 Å². The number of hydrogen-bond donors (Lipinski definition) is 2. The Morgan fingerprint density at radius 3 is 2.40 bits per heavy atom. The predicted octanol–water partition coefficient (Wildman–Crippen LogP) is 8.56. The summed E-state index contributed by atoms with van der Waals surface area (Å²) in [6, 6.07) is 20.8. The van der Waals surface area contributed by atoms with Crippen LogP contribution in [0.2, 0.25) is 10.0 Å². The fourth-order valence-electron chi connectivity index (χ4n) is 4.17. The molecule has 210 valence electrons. The Labute approximate surface area is 264 Å². The molecule has 0 saturated heterocycles. The molecule has 42 heavy (non-hydrogen) atoms. The number of H-pyrrole nitrogens is 1. The van der Waals surface area contributed by atoms with E-state index in [1.807, 2.05) is 12.1 Å². The molecule has 13 heteroatoms. The zero-order chi connectivity index (χ0) is 30.0. The van der Waals surface area contributed by atoms with E-state index in [1.54, 1.807) is 42.5 Å². The molecule has 1 heterocycles. The number of halogens is 4. The van der Waals surface area contributed by atoms with E-state index >= 15 is 0 Å². The van der Waals surface area contributed by atoms with Gasteiger partial charge in [0.1, 0.15) is 5.69 Å². The number of fused-ring (bicyclic) bond motifs is 1. The van der Waals surface area contributed by atoms with Crippen molar-refractivity contribution in [2.45, 2.75) is 0 Å². The van der Waals surface area contributed by atoms with Crippen LogP contribution < -0.4 is 10.2 Å². The van der Waals surface area contributed by atoms with Gasteiger partial charge in [0.05, 0.1) is 31.7 Å². The average molecular weight is 731 g/mol. The van der Waals surface area contributed by atoms with E-state index in [4.69, 9.17) is 27.9 Å². The lowest BCUT2D eigenvalue weighted by Crippen LogP contribution is -2.19. The Morgan fingerprint density at radius 1 is 0.976 bits per heavy atom. The van der Waals surface area contributed by atoms with Gasteiger partial charge in [0, 0.05) is 43.7 Å². The first-order valence-corrected chi connectivity index (χ1v) is 14.3. The van der Waals surface area contributed by atoms with Crippen LogP contribution in [-0.2, 0) is 0 Å². The van der Waals surface area contributed by atoms with Gasteiger partial charge in [-0.3, -0.25) is 14.9 Å². The first-order valence-electron chi connectivity index (χ1n) is 12.0. The van der Waals surface area contributed by atoms with Gasteiger partial charge in [-0.2, -0.15) is 5.10 Å². The molecule has 4 aromatic carbocycles. The maximum atomic E-state index is 13.4. The Hall–Kier alpha value is -4.03. The maximum Gasteiger partial charge on any atom is 0.343 e. The van der Waals surface area contributed by atoms with Crippen molar-refractivity contribution in [1.29, 1.82) is 0 Å². The van der Waals surface area contributed by atoms with Crippen molar-refractivity contribution in [3.8, 4) is 16.9 Å². The summed E-state index contributed by atoms with van der Waals surface area (Å²) in [5, 5.41) is 16.6. The second-order valence-corrected chi connectivity index (χ2v) is 11.3. The number of non-ortho nitro benzene ring substituents is 1. The number of aromatic amines is 1. The van der Waals surface area contributed by atoms with Crippen LogP contribution >= 0.6 is 55.1 Å². The number of nitro groups is 1. The minimum atomic E-state index is -0.744. The van der Waals surface area contributed by atoms with Gasteiger partial charge in [-0.25, -0.2) is 10.2 Å². The molecule has 0 radical (unpaired) electrons. The average Bonchev–Trinajstić information content (AvgIpc) is 3.36. The molecule has 0 unspecified atom stereocenters. The molecule has 0 saturated carbocycles. The summed E-state index contributed by atoms with van der Waals surface area (Å²) >= 11 is 19.7. The molecule has 0 aliphatic heterocycles. The summed E-state index contributed by atoms with van der Waals surface area (Å²) in [5.74, 6) is -1.19. The number of aromatic nitrogens is 1. The molecule has 0 fully saturated rings. The number of benzene rings is 4. The maximum absolute atomic E-state index is 13.4. The molecule has 0 atom stereocenters. The smallest absolute Gasteiger partial charge is 0.343 e. The molecule has 9 nitrogen and oxygen atoms in total. The lowest BCUT2D eigenvalue weighted by atomic mass is 10.0. The lowest BCUT2D eigenvalue weighted by molar-refractivity contribution is -0.384. The number of carbonyl (C=O) groups is 2. The molecular weight excluding hydrogens is 715 g/mol. The monoisotopic (exact) mass is 728 g/mol. The van der Waals surface area contributed by atoms with Crippen LogP contribution in [0.3, 0.4) is 0 Å². The van der Waals surface area contributed by atoms with Gasteiger partial charge in [0.25, 0.3) is 11.6 Å². The van der Waals surface area contributed by atoms with Gasteiger partial charge in [0.2, 0.25) is 0 Å². The van der Waals surface area contributed by atoms with E-state index in [0.717, 1.165) is 0 Å². The van der Waals surface area contributed by atoms with Crippen LogP contribution in [0.5, 0.6) is 5.75 Å². The molecule has 0 aliphatic carbocycles. The molecule has 0 spiro atoms. The van der Waals surface area contributed by atoms with Gasteiger partial charge < -0.3 is 9.72 Å². The highest BCUT2D eigenvalue weighted by molar-refractivity contribution is 9.11. The number of hydrogen-bond acceptors (Lipinski definition) is 6. The zero-order valence-corrected chi connectivity index (χ0v) is 25.7. The summed E-state index contributed by atoms with van der Waals surface area (Å²) in [4.78, 5) is 39.6. The Morgan fingerprint density at radius 2 is 1.69 bits per heavy atom. The highest BCUT2D eigenvalue weighted by atomic mass is 79.9. The van der Waals surface area contributed by atoms with E-state index in [2.05, 4.69) is 47.4 Å². The molecule has 0 aliphatic rings. The highest BCUT2D eigenvalue weighted by Crippen LogP contribution is 2.39. The molecule has 2 N–H and O–H groups in total. The number of nitrogens with zero attached hydrogens (tertiary/aromatic N) is 2. The van der Waals surface area contributed by atoms with Crippen molar-refractivity contribution >= 4 is 89.7 Å². The fraction of sp³-hybridized carbons (Fsp3) is 0. The minimum absolute atomic E-state index is 0.108. The van der Waals surface area contributed by atoms with Crippen LogP contribution in [-0.4, -0.2) is 28.0 Å². The number of hydrazone groups is 1. The normalized spacial score (nSPS) is 11.1. The summed E-state index contributed by atoms with van der Waals surface area (Å²) < 4.78 is 6.65. The van der Waals surface area contributed by atoms with Gasteiger partial charge in [-0.1, -0.05) is 69.5 Å². The molecule has 5 aromatic rings. The Balaban J connectivity index is 1.44. The third-order valence-electron chi connectivity index (χ3n) is 6.07. The van der Waals surface area contributed by atoms with Crippen molar-refractivity contribution in [2.75, 3.05) is 0 Å². The largest absolute Gasteiger partial charge is 0.421 e. The first-order chi connectivity index (χ1) is 20.1. The highest BCUT2D eigenvalue weighted by Gasteiger charge is 2.22. The van der Waals surface area contributed by atoms with Crippen LogP contribution in [0.25, 0.3) is 22.0 Å². The van der Waals surface area contributed by atoms with Gasteiger partial charge in [-0.15, -0.1) is 0 Å². The van der Waals surface area contributed by atoms with Crippen molar-refractivity contribution < 1.29 is 19.2 Å². The fourth-order valence-corrected chi connectivity index (χ4v) is 5.96. The van der Waals surface area contributed by atoms with Gasteiger partial charge >= 0.3 is 5.97 Å². The van der Waals surface area contributed by atoms with E-state index < -0.39 is 16.8 Å². The van der Waals surface area contributed by atoms with Crippen molar-refractivity contribution in [3.63, 3.8) is 0 Å². The second-order valence-electron chi connectivity index (χ2n) is 8.72. The SMILES string of the molecule is O=C(Oc1c(Br)cc(Br)cc1C=NNC(=O)c1[nH]c2c(Cl)cccc2c1-c1ccccc1Cl)c1ccc([N+](=O)[O-])cc1. The van der Waals surface area contributed by atoms with Crippen LogP contribution in [0.4, 0.5) is 5.69 Å². The number of ether oxygens (including phenoxy) is 1. The number of amides is 1. The topological polar surface area (TPSA) is 127 Å². The summed E-state index contributed by atoms with van der Waals surface area (Å²) in [7, 11) is 0. The number of nitrogens with one attached hydrogen (secondary N) is 2. The molecule has 1 amide bonds. The Kier molecular flexibility index (Phi) is 8.74. The van der Waals surface area contributed by atoms with Crippen LogP contribution in [0, 0.1) is 10.1 Å². The molecular formula is C29H16Br2Cl2N4O5. The predicted molar refractivity (Wildman–Crippen MR) is 169 cm³/mol. The number of nitro benzene ring substituents is 1. The third-order valence-corrected chi connectivity index (χ3v) is 7.76. The minimum Gasteiger partial charge on any atom is -0.421 e. The van der Waals surface area contributed by atoms with Gasteiger partial charge in [0.15, 0.2) is 5.75 Å². The van der Waals surface area contributed by atoms with Crippen molar-refractivity contribution in [2.24, 2.45) is 5.10 Å². The van der Waals surface area contributed by atoms with Gasteiger partial charge in [-0.05, 0) is 52.3 Å². The lowest BCUT2D eigenvalue weighted by Gasteiger charge is -2.11. The van der Waals surface area contributed by atoms with Crippen molar-refractivity contribution in [3.05, 3.63) is 125 Å². The number of carbonyl (C=O) groups excluding carboxylic acids is 2. The number of para-hydroxylation sites is 1. The third kappa shape index (κ3) is 6.09. The number of rotatable bonds is 7. The summed E-state index contributed by atoms with van der Waals surface area (Å²) in [6.07, 6.45) is 1.32. The van der Waals surface area contributed by atoms with E-state index in [0.29, 0.717) is 46.6 Å². The number of esters is 1. The summed E-state index contributed by atoms with van der Waals surface area (Å²) in [6.45, 7) is 0. The van der Waals surface area contributed by atoms with Crippen LogP contribution in [0.1, 0.15) is 26.4 Å². The second kappa shape index (κ2) is 12.5. The quantitative estimate of drug-likeness (QED) is 0.0571. The Bertz CT molecular complexity index is 1910. The molecule has 0 bridgehead atoms. The molecule has 1 aromatic heterocycles. The summed E-state index contributed by atoms with van der Waals surface area (Å²) in [5.41, 5.74) is 4.77.